The van der Waals surface area contributed by atoms with Gasteiger partial charge in [-0.2, -0.15) is 0 Å². The summed E-state index contributed by atoms with van der Waals surface area (Å²) in [6, 6.07) is 9.44. The van der Waals surface area contributed by atoms with E-state index in [2.05, 4.69) is 10.6 Å². The van der Waals surface area contributed by atoms with E-state index < -0.39 is 12.1 Å². The number of carboxylic acids is 1. The summed E-state index contributed by atoms with van der Waals surface area (Å²) in [5.41, 5.74) is 1.15. The minimum absolute atomic E-state index is 0.0278. The van der Waals surface area contributed by atoms with Gasteiger partial charge in [0.2, 0.25) is 0 Å². The predicted molar refractivity (Wildman–Crippen MR) is 79.0 cm³/mol. The lowest BCUT2D eigenvalue weighted by molar-refractivity contribution is -0.137. The topological polar surface area (TPSA) is 98.7 Å². The number of carbonyl (C=O) groups is 2. The average Bonchev–Trinajstić information content (AvgIpc) is 2.48. The van der Waals surface area contributed by atoms with Gasteiger partial charge in [-0.1, -0.05) is 30.3 Å². The Kier molecular flexibility index (Phi) is 7.89. The van der Waals surface area contributed by atoms with E-state index >= 15 is 0 Å². The van der Waals surface area contributed by atoms with Gasteiger partial charge in [0, 0.05) is 19.5 Å². The van der Waals surface area contributed by atoms with Gasteiger partial charge < -0.3 is 20.8 Å². The van der Waals surface area contributed by atoms with E-state index in [1.54, 1.807) is 0 Å². The maximum atomic E-state index is 11.4. The number of aryl methyl sites for hydroxylation is 1. The average molecular weight is 294 g/mol. The van der Waals surface area contributed by atoms with Crippen LogP contribution in [0.25, 0.3) is 0 Å². The van der Waals surface area contributed by atoms with Crippen LogP contribution in [0.3, 0.4) is 0 Å². The van der Waals surface area contributed by atoms with Crippen molar-refractivity contribution < 1.29 is 19.8 Å². The number of hydrogen-bond acceptors (Lipinski definition) is 3. The van der Waals surface area contributed by atoms with Crippen LogP contribution in [0.15, 0.2) is 30.3 Å². The molecule has 0 saturated carbocycles. The van der Waals surface area contributed by atoms with Crippen molar-refractivity contribution in [3.63, 3.8) is 0 Å². The fourth-order valence-corrected chi connectivity index (χ4v) is 1.79. The summed E-state index contributed by atoms with van der Waals surface area (Å²) < 4.78 is 0. The zero-order chi connectivity index (χ0) is 15.5. The van der Waals surface area contributed by atoms with E-state index in [0.717, 1.165) is 12.0 Å². The van der Waals surface area contributed by atoms with E-state index in [4.69, 9.17) is 5.11 Å². The number of carbonyl (C=O) groups excluding carboxylic acids is 1. The second kappa shape index (κ2) is 9.77. The van der Waals surface area contributed by atoms with Crippen molar-refractivity contribution in [1.29, 1.82) is 0 Å². The molecule has 0 radical (unpaired) electrons. The second-order valence-corrected chi connectivity index (χ2v) is 4.81. The summed E-state index contributed by atoms with van der Waals surface area (Å²) in [7, 11) is 0. The molecule has 1 unspecified atom stereocenters. The lowest BCUT2D eigenvalue weighted by Crippen LogP contribution is -2.40. The van der Waals surface area contributed by atoms with E-state index in [9.17, 15) is 14.7 Å². The SMILES string of the molecule is O=C(O)CCCNC(=O)NCC(O)CCc1ccccc1. The molecule has 0 saturated heterocycles. The number of hydrogen-bond donors (Lipinski definition) is 4. The molecule has 0 spiro atoms. The first kappa shape index (κ1) is 17.0. The molecule has 6 nitrogen and oxygen atoms in total. The Morgan fingerprint density at radius 3 is 2.52 bits per heavy atom. The Labute approximate surface area is 124 Å². The fourth-order valence-electron chi connectivity index (χ4n) is 1.79. The van der Waals surface area contributed by atoms with Crippen LogP contribution in [0.1, 0.15) is 24.8 Å². The largest absolute Gasteiger partial charge is 0.481 e. The van der Waals surface area contributed by atoms with Crippen LogP contribution in [-0.4, -0.2) is 41.4 Å². The minimum Gasteiger partial charge on any atom is -0.481 e. The van der Waals surface area contributed by atoms with E-state index in [0.29, 0.717) is 19.4 Å². The summed E-state index contributed by atoms with van der Waals surface area (Å²) >= 11 is 0. The van der Waals surface area contributed by atoms with Crippen molar-refractivity contribution >= 4 is 12.0 Å². The minimum atomic E-state index is -0.881. The molecule has 0 aliphatic heterocycles. The van der Waals surface area contributed by atoms with Gasteiger partial charge in [-0.3, -0.25) is 4.79 Å². The van der Waals surface area contributed by atoms with Crippen molar-refractivity contribution in [2.75, 3.05) is 13.1 Å². The molecule has 0 heterocycles. The van der Waals surface area contributed by atoms with Gasteiger partial charge in [-0.25, -0.2) is 4.79 Å². The Balaban J connectivity index is 2.08. The Hall–Kier alpha value is -2.08. The Bertz CT molecular complexity index is 437. The number of amides is 2. The zero-order valence-corrected chi connectivity index (χ0v) is 11.9. The fraction of sp³-hybridized carbons (Fsp3) is 0.467. The number of nitrogens with one attached hydrogen (secondary N) is 2. The number of urea groups is 1. The maximum absolute atomic E-state index is 11.4. The summed E-state index contributed by atoms with van der Waals surface area (Å²) in [5.74, 6) is -0.881. The Morgan fingerprint density at radius 1 is 1.14 bits per heavy atom. The van der Waals surface area contributed by atoms with Gasteiger partial charge in [0.15, 0.2) is 0 Å². The van der Waals surface area contributed by atoms with E-state index in [1.807, 2.05) is 30.3 Å². The van der Waals surface area contributed by atoms with Gasteiger partial charge in [0.1, 0.15) is 0 Å². The highest BCUT2D eigenvalue weighted by atomic mass is 16.4. The van der Waals surface area contributed by atoms with Crippen molar-refractivity contribution in [1.82, 2.24) is 10.6 Å². The maximum Gasteiger partial charge on any atom is 0.314 e. The summed E-state index contributed by atoms with van der Waals surface area (Å²) in [5, 5.41) is 23.3. The molecule has 1 aromatic carbocycles. The van der Waals surface area contributed by atoms with Gasteiger partial charge >= 0.3 is 12.0 Å². The molecule has 116 valence electrons. The second-order valence-electron chi connectivity index (χ2n) is 4.81. The standard InChI is InChI=1S/C15H22N2O4/c18-13(9-8-12-5-2-1-3-6-12)11-17-15(21)16-10-4-7-14(19)20/h1-3,5-6,13,18H,4,7-11H2,(H,19,20)(H2,16,17,21). The molecule has 1 aromatic rings. The summed E-state index contributed by atoms with van der Waals surface area (Å²) in [6.07, 6.45) is 1.14. The molecule has 6 heteroatoms. The van der Waals surface area contributed by atoms with Crippen LogP contribution in [0.4, 0.5) is 4.79 Å². The molecule has 1 atom stereocenters. The van der Waals surface area contributed by atoms with Crippen molar-refractivity contribution in [2.45, 2.75) is 31.8 Å². The van der Waals surface area contributed by atoms with Gasteiger partial charge in [0.25, 0.3) is 0 Å². The van der Waals surface area contributed by atoms with Crippen LogP contribution in [-0.2, 0) is 11.2 Å². The van der Waals surface area contributed by atoms with Gasteiger partial charge in [0.05, 0.1) is 6.10 Å². The highest BCUT2D eigenvalue weighted by molar-refractivity contribution is 5.73. The van der Waals surface area contributed by atoms with E-state index in [1.165, 1.54) is 0 Å². The Morgan fingerprint density at radius 2 is 1.86 bits per heavy atom. The highest BCUT2D eigenvalue weighted by Crippen LogP contribution is 2.04. The first-order valence-electron chi connectivity index (χ1n) is 7.03. The van der Waals surface area contributed by atoms with Crippen LogP contribution < -0.4 is 10.6 Å². The van der Waals surface area contributed by atoms with Crippen LogP contribution >= 0.6 is 0 Å². The third-order valence-corrected chi connectivity index (χ3v) is 2.96. The molecule has 0 aromatic heterocycles. The number of aliphatic hydroxyl groups excluding tert-OH is 1. The van der Waals surface area contributed by atoms with Gasteiger partial charge in [-0.15, -0.1) is 0 Å². The molecular formula is C15H22N2O4. The highest BCUT2D eigenvalue weighted by Gasteiger charge is 2.07. The molecule has 0 fully saturated rings. The van der Waals surface area contributed by atoms with Crippen molar-refractivity contribution in [3.05, 3.63) is 35.9 Å². The van der Waals surface area contributed by atoms with Crippen molar-refractivity contribution in [2.24, 2.45) is 0 Å². The number of carboxylic acid groups (broad SMARTS) is 1. The molecule has 21 heavy (non-hydrogen) atoms. The van der Waals surface area contributed by atoms with Crippen LogP contribution in [0, 0.1) is 0 Å². The lowest BCUT2D eigenvalue weighted by Gasteiger charge is -2.12. The third kappa shape index (κ3) is 8.65. The number of aliphatic hydroxyl groups is 1. The molecule has 4 N–H and O–H groups in total. The number of rotatable bonds is 9. The lowest BCUT2D eigenvalue weighted by atomic mass is 10.1. The quantitative estimate of drug-likeness (QED) is 0.513. The smallest absolute Gasteiger partial charge is 0.314 e. The predicted octanol–water partition coefficient (Wildman–Crippen LogP) is 1.14. The number of benzene rings is 1. The third-order valence-electron chi connectivity index (χ3n) is 2.96. The molecule has 2 amide bonds. The monoisotopic (exact) mass is 294 g/mol. The first-order chi connectivity index (χ1) is 10.1. The first-order valence-corrected chi connectivity index (χ1v) is 7.03. The normalized spacial score (nSPS) is 11.7. The molecular weight excluding hydrogens is 272 g/mol. The molecule has 1 rings (SSSR count). The molecule has 0 aliphatic carbocycles. The zero-order valence-electron chi connectivity index (χ0n) is 11.9. The summed E-state index contributed by atoms with van der Waals surface area (Å²) in [6.45, 7) is 0.482. The summed E-state index contributed by atoms with van der Waals surface area (Å²) in [4.78, 5) is 21.7. The van der Waals surface area contributed by atoms with Crippen LogP contribution in [0.2, 0.25) is 0 Å². The molecule has 0 bridgehead atoms. The van der Waals surface area contributed by atoms with Crippen molar-refractivity contribution in [3.8, 4) is 0 Å². The van der Waals surface area contributed by atoms with E-state index in [-0.39, 0.29) is 19.0 Å². The number of aliphatic carboxylic acids is 1. The van der Waals surface area contributed by atoms with Crippen LogP contribution in [0.5, 0.6) is 0 Å². The molecule has 0 aliphatic rings. The van der Waals surface area contributed by atoms with Gasteiger partial charge in [-0.05, 0) is 24.8 Å².